The molecule has 1 aliphatic heterocycles. The SMILES string of the molecule is CCOC(=O)c1cc2c(F)cc(N3CCC3(C)C)cc2o1. The molecule has 0 saturated carbocycles. The van der Waals surface area contributed by atoms with E-state index in [-0.39, 0.29) is 23.7 Å². The Morgan fingerprint density at radius 1 is 1.43 bits per heavy atom. The third kappa shape index (κ3) is 2.26. The lowest BCUT2D eigenvalue weighted by Gasteiger charge is -2.50. The van der Waals surface area contributed by atoms with Crippen LogP contribution in [0.15, 0.2) is 22.6 Å². The second-order valence-corrected chi connectivity index (χ2v) is 5.88. The summed E-state index contributed by atoms with van der Waals surface area (Å²) in [7, 11) is 0. The van der Waals surface area contributed by atoms with Crippen molar-refractivity contribution in [3.8, 4) is 0 Å². The monoisotopic (exact) mass is 291 g/mol. The molecule has 1 aliphatic rings. The summed E-state index contributed by atoms with van der Waals surface area (Å²) >= 11 is 0. The van der Waals surface area contributed by atoms with Crippen molar-refractivity contribution >= 4 is 22.6 Å². The number of hydrogen-bond donors (Lipinski definition) is 0. The quantitative estimate of drug-likeness (QED) is 0.808. The molecule has 2 heterocycles. The van der Waals surface area contributed by atoms with Gasteiger partial charge in [0.2, 0.25) is 5.76 Å². The molecule has 1 aromatic heterocycles. The normalized spacial score (nSPS) is 16.9. The summed E-state index contributed by atoms with van der Waals surface area (Å²) in [5.41, 5.74) is 1.17. The molecule has 0 radical (unpaired) electrons. The zero-order chi connectivity index (χ0) is 15.2. The summed E-state index contributed by atoms with van der Waals surface area (Å²) in [6, 6.07) is 4.67. The number of nitrogens with zero attached hydrogens (tertiary/aromatic N) is 1. The second-order valence-electron chi connectivity index (χ2n) is 5.88. The van der Waals surface area contributed by atoms with E-state index in [4.69, 9.17) is 9.15 Å². The minimum Gasteiger partial charge on any atom is -0.460 e. The number of carbonyl (C=O) groups is 1. The summed E-state index contributed by atoms with van der Waals surface area (Å²) in [5.74, 6) is -0.922. The first-order valence-electron chi connectivity index (χ1n) is 7.10. The van der Waals surface area contributed by atoms with Gasteiger partial charge in [-0.05, 0) is 33.3 Å². The fraction of sp³-hybridized carbons (Fsp3) is 0.438. The largest absolute Gasteiger partial charge is 0.460 e. The van der Waals surface area contributed by atoms with E-state index in [2.05, 4.69) is 18.7 Å². The van der Waals surface area contributed by atoms with E-state index < -0.39 is 5.97 Å². The van der Waals surface area contributed by atoms with Gasteiger partial charge in [-0.3, -0.25) is 0 Å². The van der Waals surface area contributed by atoms with E-state index in [9.17, 15) is 9.18 Å². The Bertz CT molecular complexity index is 705. The third-order valence-corrected chi connectivity index (χ3v) is 4.04. The first kappa shape index (κ1) is 13.9. The molecule has 2 aromatic rings. The maximum Gasteiger partial charge on any atom is 0.374 e. The average molecular weight is 291 g/mol. The summed E-state index contributed by atoms with van der Waals surface area (Å²) in [4.78, 5) is 13.8. The van der Waals surface area contributed by atoms with Crippen LogP contribution in [0.4, 0.5) is 10.1 Å². The number of esters is 1. The molecule has 21 heavy (non-hydrogen) atoms. The van der Waals surface area contributed by atoms with Crippen molar-refractivity contribution < 1.29 is 18.3 Å². The number of rotatable bonds is 3. The molecule has 4 nitrogen and oxygen atoms in total. The maximum absolute atomic E-state index is 14.2. The summed E-state index contributed by atoms with van der Waals surface area (Å²) in [6.45, 7) is 7.09. The molecule has 0 atom stereocenters. The molecule has 0 spiro atoms. The molecule has 1 saturated heterocycles. The predicted octanol–water partition coefficient (Wildman–Crippen LogP) is 3.74. The van der Waals surface area contributed by atoms with Gasteiger partial charge in [-0.25, -0.2) is 9.18 Å². The van der Waals surface area contributed by atoms with Crippen LogP contribution in [0.2, 0.25) is 0 Å². The lowest BCUT2D eigenvalue weighted by Crippen LogP contribution is -2.56. The average Bonchev–Trinajstić information content (AvgIpc) is 2.82. The minimum absolute atomic E-state index is 0.0245. The number of ether oxygens (including phenoxy) is 1. The maximum atomic E-state index is 14.2. The molecule has 0 aliphatic carbocycles. The van der Waals surface area contributed by atoms with Crippen LogP contribution in [0.1, 0.15) is 37.7 Å². The first-order valence-corrected chi connectivity index (χ1v) is 7.10. The van der Waals surface area contributed by atoms with Gasteiger partial charge in [-0.2, -0.15) is 0 Å². The van der Waals surface area contributed by atoms with Gasteiger partial charge in [0.1, 0.15) is 11.4 Å². The van der Waals surface area contributed by atoms with Crippen molar-refractivity contribution in [1.82, 2.24) is 0 Å². The van der Waals surface area contributed by atoms with Crippen LogP contribution < -0.4 is 4.90 Å². The Balaban J connectivity index is 2.02. The van der Waals surface area contributed by atoms with Crippen molar-refractivity contribution in [3.63, 3.8) is 0 Å². The van der Waals surface area contributed by atoms with Gasteiger partial charge < -0.3 is 14.1 Å². The molecule has 0 bridgehead atoms. The van der Waals surface area contributed by atoms with Crippen LogP contribution in [-0.2, 0) is 4.74 Å². The zero-order valence-corrected chi connectivity index (χ0v) is 12.4. The summed E-state index contributed by atoms with van der Waals surface area (Å²) < 4.78 is 24.6. The standard InChI is InChI=1S/C16H18FNO3/c1-4-20-15(19)14-9-11-12(17)7-10(8-13(11)21-14)18-6-5-16(18,2)3/h7-9H,4-6H2,1-3H3. The second kappa shape index (κ2) is 4.76. The molecule has 1 fully saturated rings. The van der Waals surface area contributed by atoms with Crippen molar-refractivity contribution in [2.24, 2.45) is 0 Å². The number of fused-ring (bicyclic) bond motifs is 1. The predicted molar refractivity (Wildman–Crippen MR) is 78.2 cm³/mol. The molecule has 3 rings (SSSR count). The van der Waals surface area contributed by atoms with Crippen LogP contribution in [-0.4, -0.2) is 24.7 Å². The summed E-state index contributed by atoms with van der Waals surface area (Å²) in [5, 5.41) is 0.306. The lowest BCUT2D eigenvalue weighted by atomic mass is 9.88. The van der Waals surface area contributed by atoms with Crippen molar-refractivity contribution in [2.45, 2.75) is 32.7 Å². The van der Waals surface area contributed by atoms with E-state index in [1.165, 1.54) is 12.1 Å². The molecule has 0 unspecified atom stereocenters. The van der Waals surface area contributed by atoms with Crippen molar-refractivity contribution in [3.05, 3.63) is 29.8 Å². The van der Waals surface area contributed by atoms with Crippen LogP contribution in [0.25, 0.3) is 11.0 Å². The van der Waals surface area contributed by atoms with Gasteiger partial charge in [0, 0.05) is 29.9 Å². The summed E-state index contributed by atoms with van der Waals surface area (Å²) in [6.07, 6.45) is 1.07. The molecule has 5 heteroatoms. The van der Waals surface area contributed by atoms with Gasteiger partial charge >= 0.3 is 5.97 Å². The fourth-order valence-electron chi connectivity index (χ4n) is 2.69. The molecule has 0 N–H and O–H groups in total. The number of hydrogen-bond acceptors (Lipinski definition) is 4. The highest BCUT2D eigenvalue weighted by Gasteiger charge is 2.36. The highest BCUT2D eigenvalue weighted by molar-refractivity contribution is 5.93. The Morgan fingerprint density at radius 3 is 2.76 bits per heavy atom. The Hall–Kier alpha value is -2.04. The van der Waals surface area contributed by atoms with Gasteiger partial charge in [0.25, 0.3) is 0 Å². The number of furan rings is 1. The molecule has 0 amide bonds. The number of halogens is 1. The topological polar surface area (TPSA) is 42.7 Å². The zero-order valence-electron chi connectivity index (χ0n) is 12.4. The van der Waals surface area contributed by atoms with Crippen molar-refractivity contribution in [1.29, 1.82) is 0 Å². The number of carbonyl (C=O) groups excluding carboxylic acids is 1. The first-order chi connectivity index (χ1) is 9.92. The van der Waals surface area contributed by atoms with Crippen molar-refractivity contribution in [2.75, 3.05) is 18.1 Å². The van der Waals surface area contributed by atoms with E-state index in [1.54, 1.807) is 13.0 Å². The molecular formula is C16H18FNO3. The highest BCUT2D eigenvalue weighted by atomic mass is 19.1. The van der Waals surface area contributed by atoms with Gasteiger partial charge in [0.15, 0.2) is 0 Å². The van der Waals surface area contributed by atoms with E-state index in [1.807, 2.05) is 0 Å². The van der Waals surface area contributed by atoms with E-state index >= 15 is 0 Å². The van der Waals surface area contributed by atoms with Gasteiger partial charge in [-0.15, -0.1) is 0 Å². The Labute approximate surface area is 122 Å². The smallest absolute Gasteiger partial charge is 0.374 e. The van der Waals surface area contributed by atoms with Gasteiger partial charge in [-0.1, -0.05) is 0 Å². The molecule has 1 aromatic carbocycles. The lowest BCUT2D eigenvalue weighted by molar-refractivity contribution is 0.0492. The fourth-order valence-corrected chi connectivity index (χ4v) is 2.69. The Kier molecular flexibility index (Phi) is 3.15. The van der Waals surface area contributed by atoms with E-state index in [0.717, 1.165) is 18.7 Å². The van der Waals surface area contributed by atoms with Crippen LogP contribution in [0.3, 0.4) is 0 Å². The highest BCUT2D eigenvalue weighted by Crippen LogP contribution is 2.37. The van der Waals surface area contributed by atoms with Crippen LogP contribution >= 0.6 is 0 Å². The van der Waals surface area contributed by atoms with Crippen LogP contribution in [0.5, 0.6) is 0 Å². The number of anilines is 1. The molecule has 112 valence electrons. The molecular weight excluding hydrogens is 273 g/mol. The Morgan fingerprint density at radius 2 is 2.19 bits per heavy atom. The minimum atomic E-state index is -0.570. The van der Waals surface area contributed by atoms with Gasteiger partial charge in [0.05, 0.1) is 12.0 Å². The van der Waals surface area contributed by atoms with E-state index in [0.29, 0.717) is 11.0 Å². The van der Waals surface area contributed by atoms with Crippen LogP contribution in [0, 0.1) is 5.82 Å². The third-order valence-electron chi connectivity index (χ3n) is 4.04. The number of benzene rings is 1.